The number of anilines is 1. The van der Waals surface area contributed by atoms with Crippen LogP contribution in [0.5, 0.6) is 0 Å². The van der Waals surface area contributed by atoms with E-state index in [1.54, 1.807) is 24.5 Å². The van der Waals surface area contributed by atoms with Crippen molar-refractivity contribution >= 4 is 45.6 Å². The number of rotatable bonds is 4. The van der Waals surface area contributed by atoms with Gasteiger partial charge in [0, 0.05) is 22.9 Å². The number of carbonyl (C=O) groups excluding carboxylic acids is 2. The molecule has 2 amide bonds. The molecule has 0 saturated heterocycles. The zero-order valence-electron chi connectivity index (χ0n) is 12.8. The Morgan fingerprint density at radius 2 is 2.09 bits per heavy atom. The molecule has 2 N–H and O–H groups in total. The van der Waals surface area contributed by atoms with Crippen LogP contribution in [0.4, 0.5) is 5.00 Å². The zero-order valence-corrected chi connectivity index (χ0v) is 14.5. The Hall–Kier alpha value is -1.92. The number of amides is 2. The van der Waals surface area contributed by atoms with Gasteiger partial charge < -0.3 is 10.6 Å². The molecule has 2 heterocycles. The first-order chi connectivity index (χ1) is 11.2. The highest BCUT2D eigenvalue weighted by Crippen LogP contribution is 2.38. The van der Waals surface area contributed by atoms with E-state index in [1.807, 2.05) is 17.5 Å². The van der Waals surface area contributed by atoms with Gasteiger partial charge in [0.05, 0.1) is 5.56 Å². The predicted octanol–water partition coefficient (Wildman–Crippen LogP) is 3.70. The Morgan fingerprint density at radius 1 is 1.26 bits per heavy atom. The quantitative estimate of drug-likeness (QED) is 0.829. The van der Waals surface area contributed by atoms with E-state index in [9.17, 15) is 9.59 Å². The molecule has 23 heavy (non-hydrogen) atoms. The maximum Gasteiger partial charge on any atom is 0.254 e. The van der Waals surface area contributed by atoms with Gasteiger partial charge in [-0.15, -0.1) is 22.7 Å². The third-order valence-electron chi connectivity index (χ3n) is 3.80. The average Bonchev–Trinajstić information content (AvgIpc) is 3.19. The molecule has 0 saturated carbocycles. The van der Waals surface area contributed by atoms with Crippen LogP contribution in [0.1, 0.15) is 38.5 Å². The Labute approximate surface area is 143 Å². The number of aryl methyl sites for hydroxylation is 1. The van der Waals surface area contributed by atoms with E-state index in [0.29, 0.717) is 10.6 Å². The molecule has 4 nitrogen and oxygen atoms in total. The summed E-state index contributed by atoms with van der Waals surface area (Å²) in [7, 11) is 1.62. The van der Waals surface area contributed by atoms with Gasteiger partial charge in [0.1, 0.15) is 5.00 Å². The molecule has 2 aromatic rings. The first kappa shape index (κ1) is 16.0. The van der Waals surface area contributed by atoms with E-state index in [-0.39, 0.29) is 11.8 Å². The number of carbonyl (C=O) groups is 2. The van der Waals surface area contributed by atoms with Gasteiger partial charge in [-0.3, -0.25) is 9.59 Å². The van der Waals surface area contributed by atoms with E-state index in [4.69, 9.17) is 0 Å². The second kappa shape index (κ2) is 7.10. The molecule has 0 fully saturated rings. The second-order valence-electron chi connectivity index (χ2n) is 5.33. The van der Waals surface area contributed by atoms with Crippen LogP contribution in [0, 0.1) is 0 Å². The van der Waals surface area contributed by atoms with Gasteiger partial charge in [-0.05, 0) is 48.8 Å². The molecular weight excluding hydrogens is 328 g/mol. The molecule has 1 aliphatic carbocycles. The molecule has 0 unspecified atom stereocenters. The molecule has 1 aliphatic rings. The third-order valence-corrected chi connectivity index (χ3v) is 5.85. The van der Waals surface area contributed by atoms with Crippen LogP contribution in [0.3, 0.4) is 0 Å². The summed E-state index contributed by atoms with van der Waals surface area (Å²) in [6, 6.07) is 3.90. The summed E-state index contributed by atoms with van der Waals surface area (Å²) in [4.78, 5) is 26.6. The summed E-state index contributed by atoms with van der Waals surface area (Å²) in [6.07, 6.45) is 7.44. The van der Waals surface area contributed by atoms with Crippen LogP contribution in [0.2, 0.25) is 0 Å². The minimum Gasteiger partial charge on any atom is -0.355 e. The van der Waals surface area contributed by atoms with Gasteiger partial charge in [0.15, 0.2) is 0 Å². The number of thiophene rings is 2. The van der Waals surface area contributed by atoms with Gasteiger partial charge >= 0.3 is 0 Å². The molecule has 3 rings (SSSR count). The third kappa shape index (κ3) is 3.54. The number of hydrogen-bond donors (Lipinski definition) is 2. The first-order valence-corrected chi connectivity index (χ1v) is 9.28. The molecule has 6 heteroatoms. The number of hydrogen-bond acceptors (Lipinski definition) is 4. The summed E-state index contributed by atoms with van der Waals surface area (Å²) >= 11 is 3.11. The molecule has 0 aliphatic heterocycles. The smallest absolute Gasteiger partial charge is 0.254 e. The molecule has 0 radical (unpaired) electrons. The maximum absolute atomic E-state index is 12.2. The van der Waals surface area contributed by atoms with Crippen LogP contribution in [-0.4, -0.2) is 18.9 Å². The normalized spacial score (nSPS) is 13.8. The number of nitrogens with one attached hydrogen (secondary N) is 2. The molecule has 120 valence electrons. The molecule has 0 atom stereocenters. The summed E-state index contributed by atoms with van der Waals surface area (Å²) in [5, 5.41) is 8.20. The van der Waals surface area contributed by atoms with Crippen molar-refractivity contribution in [2.75, 3.05) is 12.4 Å². The zero-order chi connectivity index (χ0) is 16.2. The van der Waals surface area contributed by atoms with Crippen molar-refractivity contribution in [2.45, 2.75) is 25.7 Å². The van der Waals surface area contributed by atoms with E-state index >= 15 is 0 Å². The summed E-state index contributed by atoms with van der Waals surface area (Å²) in [5.41, 5.74) is 1.75. The van der Waals surface area contributed by atoms with Crippen molar-refractivity contribution in [1.82, 2.24) is 5.32 Å². The summed E-state index contributed by atoms with van der Waals surface area (Å²) in [6.45, 7) is 0. The Morgan fingerprint density at radius 3 is 2.83 bits per heavy atom. The average molecular weight is 346 g/mol. The lowest BCUT2D eigenvalue weighted by atomic mass is 9.95. The first-order valence-electron chi connectivity index (χ1n) is 7.58. The van der Waals surface area contributed by atoms with Crippen LogP contribution in [0.25, 0.3) is 6.08 Å². The topological polar surface area (TPSA) is 58.2 Å². The molecule has 2 aromatic heterocycles. The van der Waals surface area contributed by atoms with E-state index in [0.717, 1.165) is 36.1 Å². The van der Waals surface area contributed by atoms with Crippen molar-refractivity contribution in [2.24, 2.45) is 0 Å². The van der Waals surface area contributed by atoms with Crippen molar-refractivity contribution in [1.29, 1.82) is 0 Å². The highest BCUT2D eigenvalue weighted by molar-refractivity contribution is 7.17. The van der Waals surface area contributed by atoms with Crippen LogP contribution in [0.15, 0.2) is 23.6 Å². The lowest BCUT2D eigenvalue weighted by Gasteiger charge is -2.12. The van der Waals surface area contributed by atoms with Gasteiger partial charge in [0.25, 0.3) is 5.91 Å². The Kier molecular flexibility index (Phi) is 4.93. The van der Waals surface area contributed by atoms with Crippen molar-refractivity contribution in [3.05, 3.63) is 44.5 Å². The van der Waals surface area contributed by atoms with Gasteiger partial charge in [-0.25, -0.2) is 0 Å². The second-order valence-corrected chi connectivity index (χ2v) is 7.42. The predicted molar refractivity (Wildman–Crippen MR) is 96.3 cm³/mol. The molecule has 0 bridgehead atoms. The van der Waals surface area contributed by atoms with Crippen LogP contribution in [-0.2, 0) is 17.6 Å². The van der Waals surface area contributed by atoms with E-state index in [1.165, 1.54) is 22.3 Å². The lowest BCUT2D eigenvalue weighted by Crippen LogP contribution is -2.21. The maximum atomic E-state index is 12.2. The molecular formula is C17H18N2O2S2. The molecule has 0 aromatic carbocycles. The fourth-order valence-corrected chi connectivity index (χ4v) is 4.62. The Balaban J connectivity index is 1.83. The summed E-state index contributed by atoms with van der Waals surface area (Å²) in [5.74, 6) is -0.330. The number of fused-ring (bicyclic) bond motifs is 1. The van der Waals surface area contributed by atoms with E-state index < -0.39 is 0 Å². The van der Waals surface area contributed by atoms with Gasteiger partial charge in [-0.2, -0.15) is 0 Å². The lowest BCUT2D eigenvalue weighted by molar-refractivity contribution is -0.111. The largest absolute Gasteiger partial charge is 0.355 e. The van der Waals surface area contributed by atoms with Gasteiger partial charge in [-0.1, -0.05) is 6.07 Å². The fourth-order valence-electron chi connectivity index (χ4n) is 2.72. The van der Waals surface area contributed by atoms with Gasteiger partial charge in [0.2, 0.25) is 5.91 Å². The van der Waals surface area contributed by atoms with Crippen molar-refractivity contribution in [3.8, 4) is 0 Å². The van der Waals surface area contributed by atoms with Crippen LogP contribution < -0.4 is 10.6 Å². The standard InChI is InChI=1S/C17H18N2O2S2/c1-18-16(21)15-12-6-2-3-7-13(12)23-17(15)19-14(20)9-8-11-5-4-10-22-11/h4-5,8-10H,2-3,6-7H2,1H3,(H,18,21)(H,19,20)/b9-8+. The minimum absolute atomic E-state index is 0.123. The summed E-state index contributed by atoms with van der Waals surface area (Å²) < 4.78 is 0. The monoisotopic (exact) mass is 346 g/mol. The fraction of sp³-hybridized carbons (Fsp3) is 0.294. The highest BCUT2D eigenvalue weighted by atomic mass is 32.1. The minimum atomic E-state index is -0.206. The van der Waals surface area contributed by atoms with E-state index in [2.05, 4.69) is 10.6 Å². The Bertz CT molecular complexity index is 745. The highest BCUT2D eigenvalue weighted by Gasteiger charge is 2.25. The van der Waals surface area contributed by atoms with Crippen LogP contribution >= 0.6 is 22.7 Å². The SMILES string of the molecule is CNC(=O)c1c(NC(=O)/C=C/c2cccs2)sc2c1CCCC2. The molecule has 0 spiro atoms. The van der Waals surface area contributed by atoms with Crippen molar-refractivity contribution in [3.63, 3.8) is 0 Å². The van der Waals surface area contributed by atoms with Crippen molar-refractivity contribution < 1.29 is 9.59 Å².